The van der Waals surface area contributed by atoms with Crippen molar-refractivity contribution in [2.45, 2.75) is 46.6 Å². The van der Waals surface area contributed by atoms with Crippen LogP contribution in [-0.4, -0.2) is 35.1 Å². The number of nitrogens with zero attached hydrogens (tertiary/aromatic N) is 1. The molecule has 1 saturated heterocycles. The minimum absolute atomic E-state index is 0.209. The van der Waals surface area contributed by atoms with Gasteiger partial charge in [-0.3, -0.25) is 4.79 Å². The van der Waals surface area contributed by atoms with Crippen molar-refractivity contribution in [3.63, 3.8) is 0 Å². The summed E-state index contributed by atoms with van der Waals surface area (Å²) in [7, 11) is 0. The van der Waals surface area contributed by atoms with Crippen LogP contribution in [0.5, 0.6) is 0 Å². The van der Waals surface area contributed by atoms with E-state index >= 15 is 0 Å². The van der Waals surface area contributed by atoms with Crippen LogP contribution in [0.1, 0.15) is 40.5 Å². The maximum absolute atomic E-state index is 11.8. The van der Waals surface area contributed by atoms with Gasteiger partial charge in [-0.1, -0.05) is 34.1 Å². The average molecular weight is 227 g/mol. The van der Waals surface area contributed by atoms with Crippen LogP contribution < -0.4 is 0 Å². The molecule has 3 heteroatoms. The van der Waals surface area contributed by atoms with Gasteiger partial charge >= 0.3 is 0 Å². The predicted molar refractivity (Wildman–Crippen MR) is 65.0 cm³/mol. The van der Waals surface area contributed by atoms with Crippen LogP contribution in [0.4, 0.5) is 0 Å². The molecule has 3 atom stereocenters. The molecule has 0 bridgehead atoms. The first kappa shape index (κ1) is 13.5. The van der Waals surface area contributed by atoms with E-state index in [-0.39, 0.29) is 17.9 Å². The number of likely N-dealkylation sites (tertiary alicyclic amines) is 1. The molecule has 0 spiro atoms. The Morgan fingerprint density at radius 3 is 2.50 bits per heavy atom. The molecule has 1 fully saturated rings. The van der Waals surface area contributed by atoms with Gasteiger partial charge in [0.1, 0.15) is 0 Å². The molecule has 0 aromatic heterocycles. The highest BCUT2D eigenvalue weighted by molar-refractivity contribution is 5.78. The zero-order valence-electron chi connectivity index (χ0n) is 10.9. The summed E-state index contributed by atoms with van der Waals surface area (Å²) in [5, 5.41) is 9.93. The molecule has 1 heterocycles. The number of aliphatic hydroxyl groups excluding tert-OH is 1. The molecule has 1 rings (SSSR count). The van der Waals surface area contributed by atoms with E-state index in [9.17, 15) is 9.90 Å². The van der Waals surface area contributed by atoms with Gasteiger partial charge in [-0.2, -0.15) is 0 Å². The second-order valence-corrected chi connectivity index (χ2v) is 5.46. The van der Waals surface area contributed by atoms with Crippen LogP contribution in [0.2, 0.25) is 0 Å². The van der Waals surface area contributed by atoms with Gasteiger partial charge in [-0.15, -0.1) is 0 Å². The summed E-state index contributed by atoms with van der Waals surface area (Å²) in [5.74, 6) is 1.50. The van der Waals surface area contributed by atoms with Gasteiger partial charge in [0.2, 0.25) is 5.91 Å². The van der Waals surface area contributed by atoms with Crippen molar-refractivity contribution in [3.05, 3.63) is 0 Å². The molecule has 16 heavy (non-hydrogen) atoms. The lowest BCUT2D eigenvalue weighted by Crippen LogP contribution is -2.36. The van der Waals surface area contributed by atoms with E-state index in [2.05, 4.69) is 20.8 Å². The van der Waals surface area contributed by atoms with Crippen molar-refractivity contribution in [2.75, 3.05) is 13.1 Å². The summed E-state index contributed by atoms with van der Waals surface area (Å²) in [4.78, 5) is 13.6. The molecule has 1 aliphatic heterocycles. The van der Waals surface area contributed by atoms with Crippen LogP contribution in [0.3, 0.4) is 0 Å². The van der Waals surface area contributed by atoms with Crippen LogP contribution in [0.15, 0.2) is 0 Å². The summed E-state index contributed by atoms with van der Waals surface area (Å²) in [6, 6.07) is 0. The zero-order chi connectivity index (χ0) is 12.3. The molecule has 0 radical (unpaired) electrons. The molecule has 94 valence electrons. The van der Waals surface area contributed by atoms with E-state index in [1.54, 1.807) is 0 Å². The van der Waals surface area contributed by atoms with Crippen molar-refractivity contribution in [2.24, 2.45) is 17.8 Å². The largest absolute Gasteiger partial charge is 0.391 e. The first-order chi connectivity index (χ1) is 7.45. The Labute approximate surface area is 98.8 Å². The molecule has 0 saturated carbocycles. The van der Waals surface area contributed by atoms with Crippen molar-refractivity contribution in [1.82, 2.24) is 4.90 Å². The van der Waals surface area contributed by atoms with E-state index in [0.29, 0.717) is 24.8 Å². The zero-order valence-corrected chi connectivity index (χ0v) is 10.9. The summed E-state index contributed by atoms with van der Waals surface area (Å²) in [6.07, 6.45) is 1.24. The third-order valence-electron chi connectivity index (χ3n) is 3.90. The Morgan fingerprint density at radius 2 is 2.06 bits per heavy atom. The molecule has 0 aliphatic carbocycles. The maximum atomic E-state index is 11.8. The SMILES string of the molecule is CCC(C)C(O)CN1CC(C(C)C)CC1=O. The van der Waals surface area contributed by atoms with Crippen LogP contribution >= 0.6 is 0 Å². The maximum Gasteiger partial charge on any atom is 0.223 e. The average Bonchev–Trinajstić information content (AvgIpc) is 2.59. The van der Waals surface area contributed by atoms with Gasteiger partial charge in [0.15, 0.2) is 0 Å². The smallest absolute Gasteiger partial charge is 0.223 e. The number of rotatable bonds is 5. The lowest BCUT2D eigenvalue weighted by Gasteiger charge is -2.24. The van der Waals surface area contributed by atoms with Crippen molar-refractivity contribution in [3.8, 4) is 0 Å². The lowest BCUT2D eigenvalue weighted by atomic mass is 9.95. The van der Waals surface area contributed by atoms with Gasteiger partial charge in [-0.25, -0.2) is 0 Å². The van der Waals surface area contributed by atoms with Gasteiger partial charge < -0.3 is 10.0 Å². The standard InChI is InChI=1S/C13H25NO2/c1-5-10(4)12(15)8-14-7-11(9(2)3)6-13(14)16/h9-12,15H,5-8H2,1-4H3. The number of aliphatic hydroxyl groups is 1. The highest BCUT2D eigenvalue weighted by Gasteiger charge is 2.32. The van der Waals surface area contributed by atoms with Crippen molar-refractivity contribution >= 4 is 5.91 Å². The van der Waals surface area contributed by atoms with E-state index in [1.807, 2.05) is 11.8 Å². The molecule has 1 aliphatic rings. The minimum Gasteiger partial charge on any atom is -0.391 e. The number of β-amino-alcohol motifs (C(OH)–C–C–N with tert-alkyl or cyclic N) is 1. The Bertz CT molecular complexity index is 240. The van der Waals surface area contributed by atoms with Crippen molar-refractivity contribution < 1.29 is 9.90 Å². The first-order valence-corrected chi connectivity index (χ1v) is 6.41. The second kappa shape index (κ2) is 5.67. The summed E-state index contributed by atoms with van der Waals surface area (Å²) >= 11 is 0. The van der Waals surface area contributed by atoms with Gasteiger partial charge in [0.05, 0.1) is 6.10 Å². The molecule has 3 nitrogen and oxygen atoms in total. The second-order valence-electron chi connectivity index (χ2n) is 5.46. The van der Waals surface area contributed by atoms with Crippen LogP contribution in [-0.2, 0) is 4.79 Å². The molecule has 0 aromatic rings. The molecule has 0 aromatic carbocycles. The summed E-state index contributed by atoms with van der Waals surface area (Å²) in [5.41, 5.74) is 0. The van der Waals surface area contributed by atoms with E-state index < -0.39 is 0 Å². The molecule has 1 N–H and O–H groups in total. The fourth-order valence-electron chi connectivity index (χ4n) is 2.10. The van der Waals surface area contributed by atoms with E-state index in [1.165, 1.54) is 0 Å². The highest BCUT2D eigenvalue weighted by Crippen LogP contribution is 2.25. The number of carbonyl (C=O) groups is 1. The topological polar surface area (TPSA) is 40.5 Å². The molecular weight excluding hydrogens is 202 g/mol. The number of amides is 1. The van der Waals surface area contributed by atoms with Gasteiger partial charge in [0.25, 0.3) is 0 Å². The lowest BCUT2D eigenvalue weighted by molar-refractivity contribution is -0.129. The Balaban J connectivity index is 2.47. The van der Waals surface area contributed by atoms with E-state index in [0.717, 1.165) is 13.0 Å². The van der Waals surface area contributed by atoms with Crippen LogP contribution in [0, 0.1) is 17.8 Å². The Hall–Kier alpha value is -0.570. The quantitative estimate of drug-likeness (QED) is 0.779. The third-order valence-corrected chi connectivity index (χ3v) is 3.90. The minimum atomic E-state index is -0.375. The highest BCUT2D eigenvalue weighted by atomic mass is 16.3. The third kappa shape index (κ3) is 3.21. The van der Waals surface area contributed by atoms with Gasteiger partial charge in [0, 0.05) is 19.5 Å². The predicted octanol–water partition coefficient (Wildman–Crippen LogP) is 1.90. The fraction of sp³-hybridized carbons (Fsp3) is 0.923. The van der Waals surface area contributed by atoms with Gasteiger partial charge in [-0.05, 0) is 17.8 Å². The number of carbonyl (C=O) groups excluding carboxylic acids is 1. The van der Waals surface area contributed by atoms with Crippen LogP contribution in [0.25, 0.3) is 0 Å². The molecule has 1 amide bonds. The number of hydrogen-bond donors (Lipinski definition) is 1. The Morgan fingerprint density at radius 1 is 1.44 bits per heavy atom. The normalized spacial score (nSPS) is 25.2. The summed E-state index contributed by atoms with van der Waals surface area (Å²) < 4.78 is 0. The molecular formula is C13H25NO2. The molecule has 3 unspecified atom stereocenters. The summed E-state index contributed by atoms with van der Waals surface area (Å²) in [6.45, 7) is 9.75. The first-order valence-electron chi connectivity index (χ1n) is 6.41. The fourth-order valence-corrected chi connectivity index (χ4v) is 2.10. The number of hydrogen-bond acceptors (Lipinski definition) is 2. The monoisotopic (exact) mass is 227 g/mol. The van der Waals surface area contributed by atoms with E-state index in [4.69, 9.17) is 0 Å². The Kier molecular flexibility index (Phi) is 4.78. The van der Waals surface area contributed by atoms with Crippen molar-refractivity contribution in [1.29, 1.82) is 0 Å².